The van der Waals surface area contributed by atoms with Crippen LogP contribution < -0.4 is 16.0 Å². The van der Waals surface area contributed by atoms with Gasteiger partial charge in [-0.15, -0.1) is 11.3 Å². The fourth-order valence-corrected chi connectivity index (χ4v) is 2.78. The van der Waals surface area contributed by atoms with E-state index in [4.69, 9.17) is 10.6 Å². The number of nitrogens with zero attached hydrogens (tertiary/aromatic N) is 1. The van der Waals surface area contributed by atoms with E-state index < -0.39 is 17.2 Å². The molecule has 21 heavy (non-hydrogen) atoms. The molecule has 0 aliphatic heterocycles. The molecule has 0 saturated carbocycles. The van der Waals surface area contributed by atoms with Crippen molar-refractivity contribution in [3.8, 4) is 5.75 Å². The number of thiazole rings is 1. The van der Waals surface area contributed by atoms with Crippen LogP contribution in [0.15, 0.2) is 24.4 Å². The predicted octanol–water partition coefficient (Wildman–Crippen LogP) is 3.03. The van der Waals surface area contributed by atoms with Crippen LogP contribution in [-0.2, 0) is 6.18 Å². The molecule has 0 saturated heterocycles. The van der Waals surface area contributed by atoms with Gasteiger partial charge in [-0.1, -0.05) is 12.1 Å². The lowest BCUT2D eigenvalue weighted by Crippen LogP contribution is -2.28. The van der Waals surface area contributed by atoms with Gasteiger partial charge >= 0.3 is 6.18 Å². The minimum Gasteiger partial charge on any atom is -0.496 e. The number of rotatable bonds is 4. The summed E-state index contributed by atoms with van der Waals surface area (Å²) in [6.07, 6.45) is -3.27. The van der Waals surface area contributed by atoms with Crippen LogP contribution in [0.3, 0.4) is 0 Å². The first-order valence-corrected chi connectivity index (χ1v) is 6.82. The highest BCUT2D eigenvalue weighted by atomic mass is 32.1. The molecule has 1 aromatic carbocycles. The molecule has 0 aliphatic rings. The van der Waals surface area contributed by atoms with E-state index >= 15 is 0 Å². The Bertz CT molecular complexity index is 627. The second-order valence-electron chi connectivity index (χ2n) is 4.39. The zero-order chi connectivity index (χ0) is 15.6. The van der Waals surface area contributed by atoms with Gasteiger partial charge in [0.05, 0.1) is 13.2 Å². The van der Waals surface area contributed by atoms with Crippen LogP contribution in [-0.4, -0.2) is 12.1 Å². The van der Waals surface area contributed by atoms with Gasteiger partial charge in [0.2, 0.25) is 0 Å². The molecule has 0 spiro atoms. The Morgan fingerprint density at radius 1 is 1.38 bits per heavy atom. The van der Waals surface area contributed by atoms with Crippen LogP contribution in [0, 0.1) is 6.92 Å². The number of methoxy groups -OCH3 is 1. The maximum atomic E-state index is 12.6. The van der Waals surface area contributed by atoms with E-state index in [1.54, 1.807) is 12.1 Å². The maximum Gasteiger partial charge on any atom is 0.443 e. The van der Waals surface area contributed by atoms with Crippen molar-refractivity contribution < 1.29 is 17.9 Å². The standard InChI is InChI=1S/C13H14F3N3OS/c1-7-3-4-8(5-9(7)20-2)11(19-17)10-6-18-12(21-10)13(14,15)16/h3-6,11,19H,17H2,1-2H3. The lowest BCUT2D eigenvalue weighted by molar-refractivity contribution is -0.137. The van der Waals surface area contributed by atoms with Crippen LogP contribution in [0.5, 0.6) is 5.75 Å². The maximum absolute atomic E-state index is 12.6. The van der Waals surface area contributed by atoms with E-state index in [-0.39, 0.29) is 0 Å². The number of nitrogens with one attached hydrogen (secondary N) is 1. The molecular formula is C13H14F3N3OS. The number of halogens is 3. The van der Waals surface area contributed by atoms with Crippen molar-refractivity contribution in [3.05, 3.63) is 45.4 Å². The zero-order valence-electron chi connectivity index (χ0n) is 11.4. The largest absolute Gasteiger partial charge is 0.496 e. The normalized spacial score (nSPS) is 13.2. The van der Waals surface area contributed by atoms with E-state index in [1.165, 1.54) is 13.3 Å². The quantitative estimate of drug-likeness (QED) is 0.672. The lowest BCUT2D eigenvalue weighted by atomic mass is 10.0. The number of benzene rings is 1. The van der Waals surface area contributed by atoms with Crippen molar-refractivity contribution in [3.63, 3.8) is 0 Å². The Hall–Kier alpha value is -1.64. The monoisotopic (exact) mass is 317 g/mol. The second kappa shape index (κ2) is 6.00. The van der Waals surface area contributed by atoms with Crippen LogP contribution in [0.2, 0.25) is 0 Å². The second-order valence-corrected chi connectivity index (χ2v) is 5.46. The van der Waals surface area contributed by atoms with Crippen molar-refractivity contribution >= 4 is 11.3 Å². The Morgan fingerprint density at radius 2 is 2.10 bits per heavy atom. The summed E-state index contributed by atoms with van der Waals surface area (Å²) < 4.78 is 43.1. The first-order chi connectivity index (χ1) is 9.86. The van der Waals surface area contributed by atoms with Gasteiger partial charge in [0, 0.05) is 11.1 Å². The molecule has 1 heterocycles. The SMILES string of the molecule is COc1cc(C(NN)c2cnc(C(F)(F)F)s2)ccc1C. The van der Waals surface area contributed by atoms with Gasteiger partial charge in [-0.05, 0) is 24.1 Å². The molecule has 1 atom stereocenters. The molecule has 2 aromatic rings. The third-order valence-electron chi connectivity index (χ3n) is 2.98. The number of aryl methyl sites for hydroxylation is 1. The van der Waals surface area contributed by atoms with Crippen molar-refractivity contribution in [2.45, 2.75) is 19.1 Å². The minimum atomic E-state index is -4.45. The van der Waals surface area contributed by atoms with Crippen LogP contribution in [0.4, 0.5) is 13.2 Å². The molecule has 1 unspecified atom stereocenters. The van der Waals surface area contributed by atoms with E-state index in [0.29, 0.717) is 27.5 Å². The van der Waals surface area contributed by atoms with Crippen molar-refractivity contribution in [2.75, 3.05) is 7.11 Å². The van der Waals surface area contributed by atoms with Gasteiger partial charge in [0.25, 0.3) is 0 Å². The molecule has 1 aromatic heterocycles. The van der Waals surface area contributed by atoms with E-state index in [9.17, 15) is 13.2 Å². The van der Waals surface area contributed by atoms with Gasteiger partial charge in [0.15, 0.2) is 5.01 Å². The topological polar surface area (TPSA) is 60.2 Å². The fourth-order valence-electron chi connectivity index (χ4n) is 1.91. The third kappa shape index (κ3) is 3.34. The van der Waals surface area contributed by atoms with E-state index in [2.05, 4.69) is 10.4 Å². The molecule has 0 fully saturated rings. The summed E-state index contributed by atoms with van der Waals surface area (Å²) in [6, 6.07) is 4.78. The van der Waals surface area contributed by atoms with Crippen molar-refractivity contribution in [1.82, 2.24) is 10.4 Å². The highest BCUT2D eigenvalue weighted by Crippen LogP contribution is 2.36. The summed E-state index contributed by atoms with van der Waals surface area (Å²) in [7, 11) is 1.53. The van der Waals surface area contributed by atoms with Gasteiger partial charge in [-0.3, -0.25) is 5.84 Å². The number of nitrogens with two attached hydrogens (primary N) is 1. The predicted molar refractivity (Wildman–Crippen MR) is 74.0 cm³/mol. The van der Waals surface area contributed by atoms with Gasteiger partial charge in [0.1, 0.15) is 5.75 Å². The van der Waals surface area contributed by atoms with Crippen molar-refractivity contribution in [1.29, 1.82) is 0 Å². The zero-order valence-corrected chi connectivity index (χ0v) is 12.2. The number of ether oxygens (including phenoxy) is 1. The molecule has 114 valence electrons. The smallest absolute Gasteiger partial charge is 0.443 e. The molecule has 0 aliphatic carbocycles. The summed E-state index contributed by atoms with van der Waals surface area (Å²) in [6.45, 7) is 1.88. The third-order valence-corrected chi connectivity index (χ3v) is 4.09. The van der Waals surface area contributed by atoms with Gasteiger partial charge < -0.3 is 4.74 Å². The Kier molecular flexibility index (Phi) is 4.50. The highest BCUT2D eigenvalue weighted by molar-refractivity contribution is 7.11. The first-order valence-electron chi connectivity index (χ1n) is 6.00. The summed E-state index contributed by atoms with van der Waals surface area (Å²) in [5.74, 6) is 6.14. The first kappa shape index (κ1) is 15.7. The number of hydrogen-bond donors (Lipinski definition) is 2. The average molecular weight is 317 g/mol. The van der Waals surface area contributed by atoms with E-state index in [1.807, 2.05) is 13.0 Å². The van der Waals surface area contributed by atoms with Crippen LogP contribution in [0.25, 0.3) is 0 Å². The number of hydrogen-bond acceptors (Lipinski definition) is 5. The highest BCUT2D eigenvalue weighted by Gasteiger charge is 2.35. The Balaban J connectivity index is 2.38. The molecular weight excluding hydrogens is 303 g/mol. The number of alkyl halides is 3. The minimum absolute atomic E-state index is 0.385. The van der Waals surface area contributed by atoms with Crippen LogP contribution in [0.1, 0.15) is 27.1 Å². The molecule has 0 radical (unpaired) electrons. The van der Waals surface area contributed by atoms with Gasteiger partial charge in [-0.2, -0.15) is 13.2 Å². The van der Waals surface area contributed by atoms with E-state index in [0.717, 1.165) is 5.56 Å². The Morgan fingerprint density at radius 3 is 2.62 bits per heavy atom. The number of aromatic nitrogens is 1. The molecule has 8 heteroatoms. The number of hydrazine groups is 1. The molecule has 2 rings (SSSR count). The molecule has 0 bridgehead atoms. The molecule has 3 N–H and O–H groups in total. The average Bonchev–Trinajstić information content (AvgIpc) is 2.91. The lowest BCUT2D eigenvalue weighted by Gasteiger charge is -2.16. The van der Waals surface area contributed by atoms with Crippen molar-refractivity contribution in [2.24, 2.45) is 5.84 Å². The summed E-state index contributed by atoms with van der Waals surface area (Å²) in [4.78, 5) is 3.79. The summed E-state index contributed by atoms with van der Waals surface area (Å²) in [5.41, 5.74) is 4.15. The fraction of sp³-hybridized carbons (Fsp3) is 0.308. The van der Waals surface area contributed by atoms with Crippen LogP contribution >= 0.6 is 11.3 Å². The molecule has 0 amide bonds. The Labute approximate surface area is 123 Å². The summed E-state index contributed by atoms with van der Waals surface area (Å²) in [5, 5.41) is -0.892. The summed E-state index contributed by atoms with van der Waals surface area (Å²) >= 11 is 0.566. The van der Waals surface area contributed by atoms with Gasteiger partial charge in [-0.25, -0.2) is 10.4 Å². The molecule has 4 nitrogen and oxygen atoms in total.